The van der Waals surface area contributed by atoms with Gasteiger partial charge in [0, 0.05) is 29.8 Å². The minimum absolute atomic E-state index is 0.0417. The van der Waals surface area contributed by atoms with Gasteiger partial charge >= 0.3 is 0 Å². The first-order valence-corrected chi connectivity index (χ1v) is 10.3. The maximum Gasteiger partial charge on any atom is 0.169 e. The molecular weight excluding hydrogens is 358 g/mol. The molecule has 0 spiro atoms. The Morgan fingerprint density at radius 2 is 1.24 bits per heavy atom. The molecule has 3 nitrogen and oxygen atoms in total. The number of carbonyl (C=O) groups is 2. The second-order valence-corrected chi connectivity index (χ2v) is 8.31. The van der Waals surface area contributed by atoms with E-state index in [2.05, 4.69) is 41.3 Å². The third-order valence-corrected chi connectivity index (χ3v) is 7.00. The highest BCUT2D eigenvalue weighted by molar-refractivity contribution is 6.17. The molecule has 142 valence electrons. The first-order valence-electron chi connectivity index (χ1n) is 10.3. The van der Waals surface area contributed by atoms with Gasteiger partial charge in [0.05, 0.1) is 11.8 Å². The van der Waals surface area contributed by atoms with E-state index < -0.39 is 0 Å². The van der Waals surface area contributed by atoms with Crippen LogP contribution in [0.4, 0.5) is 0 Å². The van der Waals surface area contributed by atoms with Crippen molar-refractivity contribution in [3.63, 3.8) is 0 Å². The lowest BCUT2D eigenvalue weighted by atomic mass is 9.69. The van der Waals surface area contributed by atoms with Crippen molar-refractivity contribution in [2.75, 3.05) is 6.54 Å². The minimum Gasteiger partial charge on any atom is -0.294 e. The van der Waals surface area contributed by atoms with Crippen molar-refractivity contribution >= 4 is 11.6 Å². The third-order valence-electron chi connectivity index (χ3n) is 7.00. The van der Waals surface area contributed by atoms with E-state index in [9.17, 15) is 9.59 Å². The van der Waals surface area contributed by atoms with Gasteiger partial charge in [-0.2, -0.15) is 0 Å². The summed E-state index contributed by atoms with van der Waals surface area (Å²) >= 11 is 0. The molecule has 0 amide bonds. The quantitative estimate of drug-likeness (QED) is 0.617. The molecule has 0 bridgehead atoms. The highest BCUT2D eigenvalue weighted by atomic mass is 16.1. The van der Waals surface area contributed by atoms with E-state index in [-0.39, 0.29) is 35.5 Å². The molecule has 3 heteroatoms. The van der Waals surface area contributed by atoms with Gasteiger partial charge in [0.25, 0.3) is 0 Å². The predicted molar refractivity (Wildman–Crippen MR) is 111 cm³/mol. The van der Waals surface area contributed by atoms with Crippen LogP contribution in [0.15, 0.2) is 78.9 Å². The summed E-state index contributed by atoms with van der Waals surface area (Å²) in [5, 5.41) is 0. The molecule has 1 aliphatic carbocycles. The van der Waals surface area contributed by atoms with E-state index in [0.29, 0.717) is 11.1 Å². The molecule has 6 rings (SSSR count). The fraction of sp³-hybridized carbons (Fsp3) is 0.231. The largest absolute Gasteiger partial charge is 0.294 e. The lowest BCUT2D eigenvalue weighted by molar-refractivity contribution is 0.0741. The first-order chi connectivity index (χ1) is 14.3. The van der Waals surface area contributed by atoms with Crippen molar-refractivity contribution in [1.29, 1.82) is 0 Å². The molecule has 1 fully saturated rings. The lowest BCUT2D eigenvalue weighted by Crippen LogP contribution is -2.37. The zero-order valence-corrected chi connectivity index (χ0v) is 16.0. The summed E-state index contributed by atoms with van der Waals surface area (Å²) in [5.74, 6) is -0.429. The van der Waals surface area contributed by atoms with E-state index in [1.165, 1.54) is 11.1 Å². The van der Waals surface area contributed by atoms with Gasteiger partial charge in [-0.1, -0.05) is 78.9 Å². The minimum atomic E-state index is -0.337. The molecular formula is C26H21NO2. The van der Waals surface area contributed by atoms with Crippen LogP contribution < -0.4 is 0 Å². The van der Waals surface area contributed by atoms with Crippen molar-refractivity contribution in [3.05, 3.63) is 107 Å². The SMILES string of the molecule is O=C1c2ccccc2C(=O)C2C1C(c1ccccc1)N1CCc3ccccc3C21. The molecule has 4 atom stereocenters. The van der Waals surface area contributed by atoms with Crippen molar-refractivity contribution in [2.24, 2.45) is 11.8 Å². The monoisotopic (exact) mass is 379 g/mol. The number of fused-ring (bicyclic) bond motifs is 6. The van der Waals surface area contributed by atoms with E-state index in [1.807, 2.05) is 42.5 Å². The zero-order valence-electron chi connectivity index (χ0n) is 16.0. The van der Waals surface area contributed by atoms with Crippen LogP contribution in [-0.2, 0) is 6.42 Å². The molecule has 0 aromatic heterocycles. The topological polar surface area (TPSA) is 37.4 Å². The van der Waals surface area contributed by atoms with Gasteiger partial charge in [-0.05, 0) is 23.1 Å². The van der Waals surface area contributed by atoms with E-state index in [0.717, 1.165) is 18.5 Å². The highest BCUT2D eigenvalue weighted by Gasteiger charge is 2.59. The molecule has 2 heterocycles. The van der Waals surface area contributed by atoms with E-state index in [1.54, 1.807) is 0 Å². The molecule has 0 radical (unpaired) electrons. The molecule has 0 saturated carbocycles. The van der Waals surface area contributed by atoms with Crippen LogP contribution in [-0.4, -0.2) is 23.0 Å². The van der Waals surface area contributed by atoms with Gasteiger partial charge in [0.1, 0.15) is 0 Å². The van der Waals surface area contributed by atoms with Crippen molar-refractivity contribution in [3.8, 4) is 0 Å². The number of benzene rings is 3. The second kappa shape index (κ2) is 6.23. The third kappa shape index (κ3) is 2.28. The maximum atomic E-state index is 13.7. The number of ketones is 2. The fourth-order valence-corrected chi connectivity index (χ4v) is 5.86. The Morgan fingerprint density at radius 3 is 1.97 bits per heavy atom. The Kier molecular flexibility index (Phi) is 3.62. The van der Waals surface area contributed by atoms with E-state index in [4.69, 9.17) is 0 Å². The van der Waals surface area contributed by atoms with Crippen LogP contribution in [0.25, 0.3) is 0 Å². The van der Waals surface area contributed by atoms with Gasteiger partial charge in [0.2, 0.25) is 0 Å². The first kappa shape index (κ1) is 16.9. The standard InChI is InChI=1S/C26H21NO2/c28-25-19-12-6-7-13-20(19)26(29)22-21(25)23(17-9-2-1-3-10-17)27-15-14-16-8-4-5-11-18(16)24(22)27/h1-13,21-24H,14-15H2. The van der Waals surface area contributed by atoms with Crippen LogP contribution in [0, 0.1) is 11.8 Å². The molecule has 0 N–H and O–H groups in total. The summed E-state index contributed by atoms with van der Waals surface area (Å²) in [6, 6.07) is 25.9. The van der Waals surface area contributed by atoms with Gasteiger partial charge in [-0.15, -0.1) is 0 Å². The number of Topliss-reactive ketones (excluding diaryl/α,β-unsaturated/α-hetero) is 2. The predicted octanol–water partition coefficient (Wildman–Crippen LogP) is 4.65. The van der Waals surface area contributed by atoms with Gasteiger partial charge < -0.3 is 0 Å². The van der Waals surface area contributed by atoms with Crippen LogP contribution in [0.1, 0.15) is 49.5 Å². The zero-order chi connectivity index (χ0) is 19.5. The van der Waals surface area contributed by atoms with Gasteiger partial charge in [-0.25, -0.2) is 0 Å². The normalized spacial score (nSPS) is 27.7. The van der Waals surface area contributed by atoms with Crippen molar-refractivity contribution in [2.45, 2.75) is 18.5 Å². The average molecular weight is 379 g/mol. The summed E-state index contributed by atoms with van der Waals surface area (Å²) in [7, 11) is 0. The number of hydrogen-bond donors (Lipinski definition) is 0. The Labute approximate surface area is 170 Å². The van der Waals surface area contributed by atoms with Crippen LogP contribution >= 0.6 is 0 Å². The second-order valence-electron chi connectivity index (χ2n) is 8.31. The summed E-state index contributed by atoms with van der Waals surface area (Å²) in [5.41, 5.74) is 4.83. The Balaban J connectivity index is 1.60. The molecule has 1 saturated heterocycles. The maximum absolute atomic E-state index is 13.7. The number of carbonyl (C=O) groups excluding carboxylic acids is 2. The lowest BCUT2D eigenvalue weighted by Gasteiger charge is -2.37. The summed E-state index contributed by atoms with van der Waals surface area (Å²) in [4.78, 5) is 29.8. The number of hydrogen-bond acceptors (Lipinski definition) is 3. The van der Waals surface area contributed by atoms with Gasteiger partial charge in [-0.3, -0.25) is 14.5 Å². The highest BCUT2D eigenvalue weighted by Crippen LogP contribution is 2.57. The van der Waals surface area contributed by atoms with Crippen molar-refractivity contribution in [1.82, 2.24) is 4.90 Å². The van der Waals surface area contributed by atoms with E-state index >= 15 is 0 Å². The number of rotatable bonds is 1. The van der Waals surface area contributed by atoms with Crippen LogP contribution in [0.2, 0.25) is 0 Å². The Bertz CT molecular complexity index is 1140. The smallest absolute Gasteiger partial charge is 0.169 e. The summed E-state index contributed by atoms with van der Waals surface area (Å²) < 4.78 is 0. The van der Waals surface area contributed by atoms with Gasteiger partial charge in [0.15, 0.2) is 11.6 Å². The molecule has 4 unspecified atom stereocenters. The summed E-state index contributed by atoms with van der Waals surface area (Å²) in [6.07, 6.45) is 0.949. The number of nitrogens with zero attached hydrogens (tertiary/aromatic N) is 1. The molecule has 3 aromatic carbocycles. The Hall–Kier alpha value is -3.04. The van der Waals surface area contributed by atoms with Crippen LogP contribution in [0.3, 0.4) is 0 Å². The molecule has 29 heavy (non-hydrogen) atoms. The molecule has 3 aromatic rings. The molecule has 3 aliphatic rings. The average Bonchev–Trinajstić information content (AvgIpc) is 3.14. The van der Waals surface area contributed by atoms with Crippen LogP contribution in [0.5, 0.6) is 0 Å². The fourth-order valence-electron chi connectivity index (χ4n) is 5.86. The Morgan fingerprint density at radius 1 is 0.655 bits per heavy atom. The summed E-state index contributed by atoms with van der Waals surface area (Å²) in [6.45, 7) is 0.866. The van der Waals surface area contributed by atoms with Crippen molar-refractivity contribution < 1.29 is 9.59 Å². The molecule has 2 aliphatic heterocycles.